The maximum Gasteiger partial charge on any atom is 0.238 e. The number of nitrogens with one attached hydrogen (secondary N) is 2. The lowest BCUT2D eigenvalue weighted by Gasteiger charge is -2.21. The average molecular weight is 262 g/mol. The van der Waals surface area contributed by atoms with Gasteiger partial charge >= 0.3 is 0 Å². The number of amides is 1. The first kappa shape index (κ1) is 15.7. The van der Waals surface area contributed by atoms with Crippen LogP contribution in [-0.2, 0) is 17.6 Å². The Bertz CT molecular complexity index is 411. The fourth-order valence-electron chi connectivity index (χ4n) is 1.93. The standard InChI is InChI=1S/C16H26N2O/c1-6-12-9-8-10-13(7-2)15(12)18-14(19)11-17-16(3,4)5/h8-10,17H,6-7,11H2,1-5H3,(H,18,19). The molecule has 3 nitrogen and oxygen atoms in total. The Morgan fingerprint density at radius 3 is 2.05 bits per heavy atom. The van der Waals surface area contributed by atoms with Gasteiger partial charge in [-0.25, -0.2) is 0 Å². The summed E-state index contributed by atoms with van der Waals surface area (Å²) in [5, 5.41) is 6.26. The fourth-order valence-corrected chi connectivity index (χ4v) is 1.93. The Kier molecular flexibility index (Phi) is 5.55. The zero-order valence-corrected chi connectivity index (χ0v) is 12.8. The van der Waals surface area contributed by atoms with Crippen LogP contribution in [-0.4, -0.2) is 18.0 Å². The number of para-hydroxylation sites is 1. The molecule has 1 amide bonds. The molecule has 3 heteroatoms. The summed E-state index contributed by atoms with van der Waals surface area (Å²) in [6, 6.07) is 6.21. The number of carbonyl (C=O) groups is 1. The smallest absolute Gasteiger partial charge is 0.238 e. The van der Waals surface area contributed by atoms with Gasteiger partial charge in [0.2, 0.25) is 5.91 Å². The Labute approximate surface area is 116 Å². The van der Waals surface area contributed by atoms with Gasteiger partial charge in [0.15, 0.2) is 0 Å². The van der Waals surface area contributed by atoms with Crippen molar-refractivity contribution in [2.24, 2.45) is 0 Å². The van der Waals surface area contributed by atoms with Crippen LogP contribution < -0.4 is 10.6 Å². The third-order valence-electron chi connectivity index (χ3n) is 3.04. The molecular weight excluding hydrogens is 236 g/mol. The highest BCUT2D eigenvalue weighted by atomic mass is 16.1. The summed E-state index contributed by atoms with van der Waals surface area (Å²) in [6.45, 7) is 10.7. The summed E-state index contributed by atoms with van der Waals surface area (Å²) in [4.78, 5) is 12.0. The van der Waals surface area contributed by atoms with Crippen LogP contribution in [0.1, 0.15) is 45.7 Å². The van der Waals surface area contributed by atoms with Crippen molar-refractivity contribution in [3.63, 3.8) is 0 Å². The maximum absolute atomic E-state index is 12.0. The van der Waals surface area contributed by atoms with Crippen molar-refractivity contribution in [3.05, 3.63) is 29.3 Å². The molecule has 1 rings (SSSR count). The Morgan fingerprint density at radius 2 is 1.63 bits per heavy atom. The van der Waals surface area contributed by atoms with Gasteiger partial charge in [-0.2, -0.15) is 0 Å². The highest BCUT2D eigenvalue weighted by Gasteiger charge is 2.13. The molecule has 2 N–H and O–H groups in total. The van der Waals surface area contributed by atoms with Gasteiger partial charge < -0.3 is 10.6 Å². The highest BCUT2D eigenvalue weighted by Crippen LogP contribution is 2.22. The van der Waals surface area contributed by atoms with E-state index in [9.17, 15) is 4.79 Å². The molecule has 0 spiro atoms. The van der Waals surface area contributed by atoms with Crippen LogP contribution in [0.3, 0.4) is 0 Å². The molecule has 1 aromatic carbocycles. The summed E-state index contributed by atoms with van der Waals surface area (Å²) in [5.41, 5.74) is 3.34. The van der Waals surface area contributed by atoms with Crippen LogP contribution in [0, 0.1) is 0 Å². The van der Waals surface area contributed by atoms with Gasteiger partial charge in [-0.15, -0.1) is 0 Å². The van der Waals surface area contributed by atoms with E-state index in [0.717, 1.165) is 18.5 Å². The minimum absolute atomic E-state index is 0.0190. The maximum atomic E-state index is 12.0. The number of anilines is 1. The number of aryl methyl sites for hydroxylation is 2. The second kappa shape index (κ2) is 6.71. The average Bonchev–Trinajstić information content (AvgIpc) is 2.35. The third-order valence-corrected chi connectivity index (χ3v) is 3.04. The summed E-state index contributed by atoms with van der Waals surface area (Å²) in [5.74, 6) is 0.0190. The second-order valence-electron chi connectivity index (χ2n) is 5.81. The summed E-state index contributed by atoms with van der Waals surface area (Å²) in [6.07, 6.45) is 1.85. The third kappa shape index (κ3) is 5.03. The molecule has 0 saturated heterocycles. The van der Waals surface area contributed by atoms with Crippen molar-refractivity contribution in [2.45, 2.75) is 53.0 Å². The lowest BCUT2D eigenvalue weighted by atomic mass is 10.0. The van der Waals surface area contributed by atoms with E-state index in [0.29, 0.717) is 6.54 Å². The van der Waals surface area contributed by atoms with E-state index in [2.05, 4.69) is 63.5 Å². The predicted octanol–water partition coefficient (Wildman–Crippen LogP) is 3.14. The Balaban J connectivity index is 2.78. The Morgan fingerprint density at radius 1 is 1.11 bits per heavy atom. The van der Waals surface area contributed by atoms with E-state index >= 15 is 0 Å². The van der Waals surface area contributed by atoms with Crippen LogP contribution in [0.4, 0.5) is 5.69 Å². The minimum Gasteiger partial charge on any atom is -0.324 e. The topological polar surface area (TPSA) is 41.1 Å². The quantitative estimate of drug-likeness (QED) is 0.856. The fraction of sp³-hybridized carbons (Fsp3) is 0.562. The predicted molar refractivity (Wildman–Crippen MR) is 81.6 cm³/mol. The van der Waals surface area contributed by atoms with Gasteiger partial charge in [0, 0.05) is 11.2 Å². The minimum atomic E-state index is -0.0464. The number of carbonyl (C=O) groups excluding carboxylic acids is 1. The van der Waals surface area contributed by atoms with Crippen LogP contribution in [0.5, 0.6) is 0 Å². The van der Waals surface area contributed by atoms with Gasteiger partial charge in [0.05, 0.1) is 6.54 Å². The van der Waals surface area contributed by atoms with Gasteiger partial charge in [0.25, 0.3) is 0 Å². The monoisotopic (exact) mass is 262 g/mol. The molecule has 0 unspecified atom stereocenters. The van der Waals surface area contributed by atoms with Crippen molar-refractivity contribution in [1.82, 2.24) is 5.32 Å². The van der Waals surface area contributed by atoms with E-state index < -0.39 is 0 Å². The van der Waals surface area contributed by atoms with Crippen LogP contribution in [0.25, 0.3) is 0 Å². The molecule has 0 fully saturated rings. The van der Waals surface area contributed by atoms with E-state index in [4.69, 9.17) is 0 Å². The van der Waals surface area contributed by atoms with E-state index in [1.807, 2.05) is 0 Å². The van der Waals surface area contributed by atoms with Gasteiger partial charge in [-0.1, -0.05) is 32.0 Å². The molecule has 0 aromatic heterocycles. The molecule has 0 aliphatic heterocycles. The Hall–Kier alpha value is -1.35. The van der Waals surface area contributed by atoms with Crippen molar-refractivity contribution in [3.8, 4) is 0 Å². The van der Waals surface area contributed by atoms with Crippen LogP contribution in [0.2, 0.25) is 0 Å². The summed E-state index contributed by atoms with van der Waals surface area (Å²) >= 11 is 0. The molecule has 19 heavy (non-hydrogen) atoms. The molecule has 1 aromatic rings. The normalized spacial score (nSPS) is 11.4. The van der Waals surface area contributed by atoms with Crippen molar-refractivity contribution in [1.29, 1.82) is 0 Å². The highest BCUT2D eigenvalue weighted by molar-refractivity contribution is 5.93. The molecule has 0 heterocycles. The molecule has 106 valence electrons. The molecule has 0 atom stereocenters. The number of rotatable bonds is 5. The largest absolute Gasteiger partial charge is 0.324 e. The lowest BCUT2D eigenvalue weighted by Crippen LogP contribution is -2.41. The van der Waals surface area contributed by atoms with Crippen LogP contribution >= 0.6 is 0 Å². The number of hydrogen-bond acceptors (Lipinski definition) is 2. The first-order chi connectivity index (χ1) is 8.87. The number of hydrogen-bond donors (Lipinski definition) is 2. The zero-order valence-electron chi connectivity index (χ0n) is 12.8. The molecule has 0 bridgehead atoms. The molecule has 0 aliphatic rings. The summed E-state index contributed by atoms with van der Waals surface area (Å²) in [7, 11) is 0. The van der Waals surface area contributed by atoms with Gasteiger partial charge in [-0.05, 0) is 44.7 Å². The number of benzene rings is 1. The zero-order chi connectivity index (χ0) is 14.5. The second-order valence-corrected chi connectivity index (χ2v) is 5.81. The van der Waals surface area contributed by atoms with Crippen molar-refractivity contribution < 1.29 is 4.79 Å². The molecule has 0 saturated carbocycles. The molecule has 0 aliphatic carbocycles. The summed E-state index contributed by atoms with van der Waals surface area (Å²) < 4.78 is 0. The van der Waals surface area contributed by atoms with Gasteiger partial charge in [-0.3, -0.25) is 4.79 Å². The molecular formula is C16H26N2O. The van der Waals surface area contributed by atoms with Crippen LogP contribution in [0.15, 0.2) is 18.2 Å². The van der Waals surface area contributed by atoms with E-state index in [1.165, 1.54) is 11.1 Å². The SMILES string of the molecule is CCc1cccc(CC)c1NC(=O)CNC(C)(C)C. The first-order valence-corrected chi connectivity index (χ1v) is 7.03. The van der Waals surface area contributed by atoms with Crippen molar-refractivity contribution >= 4 is 11.6 Å². The molecule has 0 radical (unpaired) electrons. The van der Waals surface area contributed by atoms with Crippen molar-refractivity contribution in [2.75, 3.05) is 11.9 Å². The van der Waals surface area contributed by atoms with E-state index in [-0.39, 0.29) is 11.4 Å². The first-order valence-electron chi connectivity index (χ1n) is 7.03. The lowest BCUT2D eigenvalue weighted by molar-refractivity contribution is -0.115. The van der Waals surface area contributed by atoms with E-state index in [1.54, 1.807) is 0 Å². The van der Waals surface area contributed by atoms with Gasteiger partial charge in [0.1, 0.15) is 0 Å².